The number of aryl methyl sites for hydroxylation is 1. The Kier molecular flexibility index (Phi) is 4.79. The second-order valence-electron chi connectivity index (χ2n) is 5.68. The van der Waals surface area contributed by atoms with Gasteiger partial charge in [0.1, 0.15) is 0 Å². The first-order valence-electron chi connectivity index (χ1n) is 7.22. The Balaban J connectivity index is 1.77. The van der Waals surface area contributed by atoms with Crippen LogP contribution in [0.15, 0.2) is 30.3 Å². The molecule has 2 nitrogen and oxygen atoms in total. The van der Waals surface area contributed by atoms with Crippen molar-refractivity contribution in [2.75, 3.05) is 13.1 Å². The molecule has 18 heavy (non-hydrogen) atoms. The summed E-state index contributed by atoms with van der Waals surface area (Å²) in [4.78, 5) is 2.61. The third-order valence-electron chi connectivity index (χ3n) is 4.52. The predicted molar refractivity (Wildman–Crippen MR) is 77.6 cm³/mol. The number of nitrogens with two attached hydrogens (primary N) is 1. The molecule has 0 radical (unpaired) electrons. The molecule has 1 aromatic carbocycles. The molecule has 1 fully saturated rings. The van der Waals surface area contributed by atoms with E-state index in [1.54, 1.807) is 0 Å². The van der Waals surface area contributed by atoms with Crippen molar-refractivity contribution >= 4 is 0 Å². The fourth-order valence-electron chi connectivity index (χ4n) is 2.92. The van der Waals surface area contributed by atoms with Gasteiger partial charge in [0, 0.05) is 12.1 Å². The molecule has 0 aromatic heterocycles. The highest BCUT2D eigenvalue weighted by atomic mass is 15.2. The highest BCUT2D eigenvalue weighted by Gasteiger charge is 2.29. The summed E-state index contributed by atoms with van der Waals surface area (Å²) in [5.74, 6) is 0.621. The maximum atomic E-state index is 6.12. The van der Waals surface area contributed by atoms with Gasteiger partial charge in [0.15, 0.2) is 0 Å². The number of benzene rings is 1. The van der Waals surface area contributed by atoms with E-state index >= 15 is 0 Å². The maximum absolute atomic E-state index is 6.12. The summed E-state index contributed by atoms with van der Waals surface area (Å²) >= 11 is 0. The third-order valence-corrected chi connectivity index (χ3v) is 4.52. The first-order chi connectivity index (χ1) is 8.68. The minimum absolute atomic E-state index is 0.394. The van der Waals surface area contributed by atoms with E-state index in [-0.39, 0.29) is 0 Å². The molecule has 1 aliphatic rings. The molecule has 0 saturated carbocycles. The number of nitrogens with zero attached hydrogens (tertiary/aromatic N) is 1. The van der Waals surface area contributed by atoms with Gasteiger partial charge in [-0.25, -0.2) is 0 Å². The molecule has 1 aliphatic heterocycles. The maximum Gasteiger partial charge on any atom is 0.0107 e. The molecule has 1 saturated heterocycles. The first-order valence-corrected chi connectivity index (χ1v) is 7.22. The molecule has 3 atom stereocenters. The summed E-state index contributed by atoms with van der Waals surface area (Å²) in [5.41, 5.74) is 7.57. The van der Waals surface area contributed by atoms with Crippen molar-refractivity contribution in [1.82, 2.24) is 4.90 Å². The van der Waals surface area contributed by atoms with Crippen LogP contribution in [0.25, 0.3) is 0 Å². The van der Waals surface area contributed by atoms with Gasteiger partial charge in [-0.05, 0) is 50.8 Å². The molecule has 2 heteroatoms. The zero-order chi connectivity index (χ0) is 13.0. The second-order valence-corrected chi connectivity index (χ2v) is 5.68. The third kappa shape index (κ3) is 3.33. The Morgan fingerprint density at radius 1 is 1.22 bits per heavy atom. The number of likely N-dealkylation sites (tertiary alicyclic amines) is 1. The molecule has 1 heterocycles. The zero-order valence-corrected chi connectivity index (χ0v) is 11.7. The van der Waals surface area contributed by atoms with Crippen molar-refractivity contribution in [2.45, 2.75) is 45.2 Å². The molecule has 0 aliphatic carbocycles. The summed E-state index contributed by atoms with van der Waals surface area (Å²) in [5, 5.41) is 0. The van der Waals surface area contributed by atoms with E-state index < -0.39 is 0 Å². The van der Waals surface area contributed by atoms with Crippen LogP contribution in [-0.2, 0) is 6.42 Å². The summed E-state index contributed by atoms with van der Waals surface area (Å²) in [6, 6.07) is 11.8. The Bertz CT molecular complexity index is 349. The van der Waals surface area contributed by atoms with Crippen molar-refractivity contribution in [3.8, 4) is 0 Å². The van der Waals surface area contributed by atoms with Crippen molar-refractivity contribution < 1.29 is 0 Å². The van der Waals surface area contributed by atoms with Gasteiger partial charge in [0.2, 0.25) is 0 Å². The van der Waals surface area contributed by atoms with Crippen molar-refractivity contribution in [1.29, 1.82) is 0 Å². The molecule has 2 rings (SSSR count). The fourth-order valence-corrected chi connectivity index (χ4v) is 2.92. The van der Waals surface area contributed by atoms with Crippen LogP contribution in [0.3, 0.4) is 0 Å². The highest BCUT2D eigenvalue weighted by molar-refractivity contribution is 5.14. The number of piperidine rings is 1. The van der Waals surface area contributed by atoms with E-state index in [0.717, 1.165) is 6.42 Å². The molecule has 0 spiro atoms. The van der Waals surface area contributed by atoms with E-state index in [1.165, 1.54) is 31.5 Å². The second kappa shape index (κ2) is 6.35. The van der Waals surface area contributed by atoms with Crippen molar-refractivity contribution in [2.24, 2.45) is 11.7 Å². The van der Waals surface area contributed by atoms with Gasteiger partial charge < -0.3 is 10.6 Å². The van der Waals surface area contributed by atoms with Gasteiger partial charge in [-0.15, -0.1) is 0 Å². The standard InChI is InChI=1S/C16H26N2/c1-13-14(2)18(12-10-16(13)17)11-6-9-15-7-4-3-5-8-15/h3-5,7-8,13-14,16H,6,9-12,17H2,1-2H3. The molecular formula is C16H26N2. The Morgan fingerprint density at radius 2 is 1.94 bits per heavy atom. The monoisotopic (exact) mass is 246 g/mol. The van der Waals surface area contributed by atoms with Crippen LogP contribution in [0.1, 0.15) is 32.3 Å². The highest BCUT2D eigenvalue weighted by Crippen LogP contribution is 2.22. The summed E-state index contributed by atoms with van der Waals surface area (Å²) < 4.78 is 0. The molecule has 2 N–H and O–H groups in total. The number of hydrogen-bond donors (Lipinski definition) is 1. The van der Waals surface area contributed by atoms with Crippen molar-refractivity contribution in [3.05, 3.63) is 35.9 Å². The molecular weight excluding hydrogens is 220 g/mol. The van der Waals surface area contributed by atoms with E-state index in [9.17, 15) is 0 Å². The largest absolute Gasteiger partial charge is 0.327 e. The van der Waals surface area contributed by atoms with Gasteiger partial charge in [-0.3, -0.25) is 0 Å². The molecule has 100 valence electrons. The predicted octanol–water partition coefficient (Wildman–Crippen LogP) is 2.68. The normalized spacial score (nSPS) is 29.4. The lowest BCUT2D eigenvalue weighted by Gasteiger charge is -2.41. The average molecular weight is 246 g/mol. The smallest absolute Gasteiger partial charge is 0.0107 e. The van der Waals surface area contributed by atoms with Crippen LogP contribution in [0.5, 0.6) is 0 Å². The van der Waals surface area contributed by atoms with Crippen molar-refractivity contribution in [3.63, 3.8) is 0 Å². The van der Waals surface area contributed by atoms with Gasteiger partial charge in [0.25, 0.3) is 0 Å². The van der Waals surface area contributed by atoms with Gasteiger partial charge in [-0.1, -0.05) is 37.3 Å². The number of rotatable bonds is 4. The molecule has 3 unspecified atom stereocenters. The van der Waals surface area contributed by atoms with Crippen LogP contribution in [-0.4, -0.2) is 30.1 Å². The SMILES string of the molecule is CC1C(N)CCN(CCCc2ccccc2)C1C. The Hall–Kier alpha value is -0.860. The lowest BCUT2D eigenvalue weighted by Crippen LogP contribution is -2.51. The summed E-state index contributed by atoms with van der Waals surface area (Å²) in [7, 11) is 0. The lowest BCUT2D eigenvalue weighted by atomic mass is 9.87. The van der Waals surface area contributed by atoms with Gasteiger partial charge in [-0.2, -0.15) is 0 Å². The topological polar surface area (TPSA) is 29.3 Å². The van der Waals surface area contributed by atoms with Gasteiger partial charge >= 0.3 is 0 Å². The Morgan fingerprint density at radius 3 is 2.67 bits per heavy atom. The first kappa shape index (κ1) is 13.6. The van der Waals surface area contributed by atoms with Crippen LogP contribution in [0, 0.1) is 5.92 Å². The summed E-state index contributed by atoms with van der Waals surface area (Å²) in [6.45, 7) is 6.99. The molecule has 0 bridgehead atoms. The summed E-state index contributed by atoms with van der Waals surface area (Å²) in [6.07, 6.45) is 3.58. The minimum atomic E-state index is 0.394. The van der Waals surface area contributed by atoms with Crippen LogP contribution < -0.4 is 5.73 Å². The average Bonchev–Trinajstić information content (AvgIpc) is 2.40. The van der Waals surface area contributed by atoms with E-state index in [1.807, 2.05) is 0 Å². The van der Waals surface area contributed by atoms with Crippen LogP contribution >= 0.6 is 0 Å². The van der Waals surface area contributed by atoms with E-state index in [0.29, 0.717) is 18.0 Å². The van der Waals surface area contributed by atoms with E-state index in [2.05, 4.69) is 49.1 Å². The Labute approximate surface area is 111 Å². The van der Waals surface area contributed by atoms with Crippen LogP contribution in [0.2, 0.25) is 0 Å². The zero-order valence-electron chi connectivity index (χ0n) is 11.7. The molecule has 1 aromatic rings. The molecule has 0 amide bonds. The van der Waals surface area contributed by atoms with E-state index in [4.69, 9.17) is 5.73 Å². The quantitative estimate of drug-likeness (QED) is 0.885. The van der Waals surface area contributed by atoms with Gasteiger partial charge in [0.05, 0.1) is 0 Å². The minimum Gasteiger partial charge on any atom is -0.327 e. The fraction of sp³-hybridized carbons (Fsp3) is 0.625. The lowest BCUT2D eigenvalue weighted by molar-refractivity contribution is 0.0969. The van der Waals surface area contributed by atoms with Crippen LogP contribution in [0.4, 0.5) is 0 Å². The number of hydrogen-bond acceptors (Lipinski definition) is 2.